The molecule has 4 rings (SSSR count). The summed E-state index contributed by atoms with van der Waals surface area (Å²) in [6.07, 6.45) is 3.12. The third-order valence-electron chi connectivity index (χ3n) is 5.78. The van der Waals surface area contributed by atoms with Crippen molar-refractivity contribution >= 4 is 17.5 Å². The number of nitrogens with zero attached hydrogens (tertiary/aromatic N) is 4. The number of hydrogen-bond donors (Lipinski definition) is 1. The maximum Gasteiger partial charge on any atom is 0.229 e. The summed E-state index contributed by atoms with van der Waals surface area (Å²) in [5.74, 6) is -0.276. The van der Waals surface area contributed by atoms with Crippen LogP contribution in [0.1, 0.15) is 29.5 Å². The van der Waals surface area contributed by atoms with Crippen LogP contribution in [0.15, 0.2) is 36.4 Å². The van der Waals surface area contributed by atoms with Crippen LogP contribution >= 0.6 is 0 Å². The fourth-order valence-electron chi connectivity index (χ4n) is 4.11. The molecular formula is C23H21N5O2. The first-order chi connectivity index (χ1) is 14.5. The number of anilines is 1. The Bertz CT molecular complexity index is 1090. The van der Waals surface area contributed by atoms with Gasteiger partial charge >= 0.3 is 0 Å². The second-order valence-electron chi connectivity index (χ2n) is 7.81. The van der Waals surface area contributed by atoms with Crippen LogP contribution < -0.4 is 5.32 Å². The van der Waals surface area contributed by atoms with Crippen molar-refractivity contribution < 1.29 is 9.59 Å². The zero-order valence-electron chi connectivity index (χ0n) is 16.7. The summed E-state index contributed by atoms with van der Waals surface area (Å²) in [6.45, 7) is 1.44. The lowest BCUT2D eigenvalue weighted by Crippen LogP contribution is -2.41. The molecule has 0 spiro atoms. The number of fused-ring (bicyclic) bond motifs is 1. The Morgan fingerprint density at radius 3 is 2.60 bits per heavy atom. The minimum Gasteiger partial charge on any atom is -0.345 e. The number of rotatable bonds is 3. The number of carbonyl (C=O) groups excluding carboxylic acids is 2. The lowest BCUT2D eigenvalue weighted by Gasteiger charge is -2.28. The van der Waals surface area contributed by atoms with Crippen LogP contribution in [0.5, 0.6) is 0 Å². The van der Waals surface area contributed by atoms with E-state index in [0.717, 1.165) is 22.3 Å². The van der Waals surface area contributed by atoms with Gasteiger partial charge in [0.1, 0.15) is 0 Å². The first kappa shape index (κ1) is 19.5. The van der Waals surface area contributed by atoms with E-state index in [-0.39, 0.29) is 17.7 Å². The Balaban J connectivity index is 1.64. The molecule has 1 fully saturated rings. The molecule has 1 atom stereocenters. The van der Waals surface area contributed by atoms with E-state index >= 15 is 0 Å². The number of benzene rings is 2. The Hall–Kier alpha value is -3.84. The molecular weight excluding hydrogens is 378 g/mol. The van der Waals surface area contributed by atoms with Crippen molar-refractivity contribution in [2.75, 3.05) is 18.9 Å². The van der Waals surface area contributed by atoms with Crippen LogP contribution in [-0.2, 0) is 22.7 Å². The average molecular weight is 399 g/mol. The van der Waals surface area contributed by atoms with E-state index in [0.29, 0.717) is 43.7 Å². The molecule has 150 valence electrons. The molecule has 1 unspecified atom stereocenters. The highest BCUT2D eigenvalue weighted by Crippen LogP contribution is 2.36. The molecule has 30 heavy (non-hydrogen) atoms. The number of nitriles is 2. The summed E-state index contributed by atoms with van der Waals surface area (Å²) in [7, 11) is 1.72. The van der Waals surface area contributed by atoms with Crippen molar-refractivity contribution in [1.29, 1.82) is 10.5 Å². The van der Waals surface area contributed by atoms with Gasteiger partial charge in [-0.2, -0.15) is 10.5 Å². The number of hydrogen-bond acceptors (Lipinski definition) is 5. The molecule has 1 N–H and O–H groups in total. The summed E-state index contributed by atoms with van der Waals surface area (Å²) in [5.41, 5.74) is 5.20. The van der Waals surface area contributed by atoms with Gasteiger partial charge in [0.2, 0.25) is 11.8 Å². The zero-order chi connectivity index (χ0) is 21.3. The lowest BCUT2D eigenvalue weighted by molar-refractivity contribution is -0.135. The predicted molar refractivity (Wildman–Crippen MR) is 110 cm³/mol. The SMILES string of the molecule is CN1CC(C(=O)Nc2cc3c(c(-c4ccc(C#N)cc4)c2)CN(C#N)C3)CCC1=O. The molecule has 2 aliphatic rings. The van der Waals surface area contributed by atoms with Crippen LogP contribution in [0, 0.1) is 28.7 Å². The van der Waals surface area contributed by atoms with Gasteiger partial charge in [0, 0.05) is 25.7 Å². The van der Waals surface area contributed by atoms with Crippen molar-refractivity contribution in [3.8, 4) is 23.4 Å². The third kappa shape index (κ3) is 3.70. The fourth-order valence-corrected chi connectivity index (χ4v) is 4.11. The molecule has 7 nitrogen and oxygen atoms in total. The number of nitrogens with one attached hydrogen (secondary N) is 1. The maximum atomic E-state index is 12.8. The smallest absolute Gasteiger partial charge is 0.229 e. The van der Waals surface area contributed by atoms with Gasteiger partial charge in [0.15, 0.2) is 6.19 Å². The number of likely N-dealkylation sites (tertiary alicyclic amines) is 1. The minimum absolute atomic E-state index is 0.0660. The van der Waals surface area contributed by atoms with Gasteiger partial charge < -0.3 is 15.1 Å². The van der Waals surface area contributed by atoms with Crippen LogP contribution in [0.2, 0.25) is 0 Å². The summed E-state index contributed by atoms with van der Waals surface area (Å²) in [6, 6.07) is 13.3. The second kappa shape index (κ2) is 7.88. The van der Waals surface area contributed by atoms with Gasteiger partial charge in [-0.25, -0.2) is 0 Å². The molecule has 0 aromatic heterocycles. The summed E-state index contributed by atoms with van der Waals surface area (Å²) < 4.78 is 0. The van der Waals surface area contributed by atoms with Gasteiger partial charge in [-0.15, -0.1) is 0 Å². The molecule has 0 radical (unpaired) electrons. The molecule has 2 amide bonds. The lowest BCUT2D eigenvalue weighted by atomic mass is 9.94. The van der Waals surface area contributed by atoms with Gasteiger partial charge in [-0.1, -0.05) is 12.1 Å². The molecule has 2 aromatic carbocycles. The second-order valence-corrected chi connectivity index (χ2v) is 7.81. The first-order valence-electron chi connectivity index (χ1n) is 9.84. The van der Waals surface area contributed by atoms with Crippen molar-refractivity contribution in [3.05, 3.63) is 53.1 Å². The molecule has 0 aliphatic carbocycles. The van der Waals surface area contributed by atoms with Crippen molar-refractivity contribution in [3.63, 3.8) is 0 Å². The highest BCUT2D eigenvalue weighted by molar-refractivity contribution is 5.95. The molecule has 0 bridgehead atoms. The Labute approximate surface area is 175 Å². The Kier molecular flexibility index (Phi) is 5.12. The van der Waals surface area contributed by atoms with E-state index in [4.69, 9.17) is 5.26 Å². The Morgan fingerprint density at radius 2 is 1.93 bits per heavy atom. The van der Waals surface area contributed by atoms with E-state index in [1.807, 2.05) is 24.3 Å². The van der Waals surface area contributed by atoms with Gasteiger partial charge in [0.05, 0.1) is 30.6 Å². The largest absolute Gasteiger partial charge is 0.345 e. The van der Waals surface area contributed by atoms with Crippen molar-refractivity contribution in [1.82, 2.24) is 9.80 Å². The Morgan fingerprint density at radius 1 is 1.17 bits per heavy atom. The van der Waals surface area contributed by atoms with Crippen molar-refractivity contribution in [2.24, 2.45) is 5.92 Å². The minimum atomic E-state index is -0.241. The number of amides is 2. The topological polar surface area (TPSA) is 100 Å². The highest BCUT2D eigenvalue weighted by Gasteiger charge is 2.29. The maximum absolute atomic E-state index is 12.8. The average Bonchev–Trinajstić information content (AvgIpc) is 3.18. The molecule has 2 heterocycles. The fraction of sp³-hybridized carbons (Fsp3) is 0.304. The molecule has 2 aliphatic heterocycles. The molecule has 7 heteroatoms. The molecule has 2 aromatic rings. The van der Waals surface area contributed by atoms with Gasteiger partial charge in [-0.05, 0) is 52.9 Å². The highest BCUT2D eigenvalue weighted by atomic mass is 16.2. The monoisotopic (exact) mass is 399 g/mol. The van der Waals surface area contributed by atoms with Crippen LogP contribution in [-0.4, -0.2) is 35.2 Å². The number of piperidine rings is 1. The first-order valence-corrected chi connectivity index (χ1v) is 9.84. The molecule has 0 saturated carbocycles. The standard InChI is InChI=1S/C23H21N5O2/c1-27-11-17(6-7-22(27)29)23(30)26-19-8-18-12-28(14-25)13-21(18)20(9-19)16-4-2-15(10-24)3-5-16/h2-5,8-9,17H,6-7,11-13H2,1H3,(H,26,30). The van der Waals surface area contributed by atoms with Crippen molar-refractivity contribution in [2.45, 2.75) is 25.9 Å². The van der Waals surface area contributed by atoms with Gasteiger partial charge in [-0.3, -0.25) is 9.59 Å². The number of carbonyl (C=O) groups is 2. The van der Waals surface area contributed by atoms with Gasteiger partial charge in [0.25, 0.3) is 0 Å². The zero-order valence-corrected chi connectivity index (χ0v) is 16.7. The van der Waals surface area contributed by atoms with E-state index < -0.39 is 0 Å². The summed E-state index contributed by atoms with van der Waals surface area (Å²) in [5, 5.41) is 21.4. The van der Waals surface area contributed by atoms with Crippen LogP contribution in [0.25, 0.3) is 11.1 Å². The summed E-state index contributed by atoms with van der Waals surface area (Å²) >= 11 is 0. The third-order valence-corrected chi connectivity index (χ3v) is 5.78. The summed E-state index contributed by atoms with van der Waals surface area (Å²) in [4.78, 5) is 27.8. The predicted octanol–water partition coefficient (Wildman–Crippen LogP) is 2.83. The molecule has 1 saturated heterocycles. The quantitative estimate of drug-likeness (QED) is 0.800. The van der Waals surface area contributed by atoms with E-state index in [2.05, 4.69) is 17.6 Å². The van der Waals surface area contributed by atoms with Crippen LogP contribution in [0.3, 0.4) is 0 Å². The normalized spacial score (nSPS) is 17.8. The van der Waals surface area contributed by atoms with E-state index in [1.54, 1.807) is 29.0 Å². The van der Waals surface area contributed by atoms with E-state index in [1.165, 1.54) is 0 Å². The van der Waals surface area contributed by atoms with E-state index in [9.17, 15) is 14.9 Å². The van der Waals surface area contributed by atoms with Crippen LogP contribution in [0.4, 0.5) is 5.69 Å².